The highest BCUT2D eigenvalue weighted by molar-refractivity contribution is 5.61. The molecule has 0 saturated heterocycles. The molecular formula is C11H11FO2. The summed E-state index contributed by atoms with van der Waals surface area (Å²) in [6.45, 7) is 0. The minimum Gasteiger partial charge on any atom is -0.496 e. The van der Waals surface area contributed by atoms with Gasteiger partial charge in [0.1, 0.15) is 17.9 Å². The number of rotatable bonds is 4. The highest BCUT2D eigenvalue weighted by Crippen LogP contribution is 2.20. The Morgan fingerprint density at radius 1 is 1.50 bits per heavy atom. The lowest BCUT2D eigenvalue weighted by Crippen LogP contribution is -1.88. The van der Waals surface area contributed by atoms with Gasteiger partial charge in [-0.1, -0.05) is 12.2 Å². The Morgan fingerprint density at radius 2 is 2.29 bits per heavy atom. The van der Waals surface area contributed by atoms with Crippen LogP contribution in [-0.4, -0.2) is 13.4 Å². The van der Waals surface area contributed by atoms with Gasteiger partial charge in [0.2, 0.25) is 0 Å². The molecule has 0 aliphatic heterocycles. The molecule has 3 heteroatoms. The van der Waals surface area contributed by atoms with Crippen molar-refractivity contribution in [2.24, 2.45) is 0 Å². The first-order chi connectivity index (χ1) is 6.77. The molecule has 0 unspecified atom stereocenters. The number of carbonyl (C=O) groups is 1. The molecule has 0 amide bonds. The van der Waals surface area contributed by atoms with Crippen LogP contribution in [0.15, 0.2) is 24.3 Å². The molecule has 0 bridgehead atoms. The fraction of sp³-hybridized carbons (Fsp3) is 0.182. The lowest BCUT2D eigenvalue weighted by molar-refractivity contribution is -0.107. The summed E-state index contributed by atoms with van der Waals surface area (Å²) < 4.78 is 17.7. The smallest absolute Gasteiger partial charge is 0.128 e. The van der Waals surface area contributed by atoms with Crippen LogP contribution in [0.5, 0.6) is 5.75 Å². The molecule has 2 nitrogen and oxygen atoms in total. The van der Waals surface area contributed by atoms with E-state index in [4.69, 9.17) is 4.74 Å². The van der Waals surface area contributed by atoms with Gasteiger partial charge < -0.3 is 9.53 Å². The second-order valence-electron chi connectivity index (χ2n) is 2.69. The highest BCUT2D eigenvalue weighted by atomic mass is 19.1. The van der Waals surface area contributed by atoms with E-state index in [0.29, 0.717) is 12.2 Å². The Kier molecular flexibility index (Phi) is 3.85. The van der Waals surface area contributed by atoms with Gasteiger partial charge in [-0.25, -0.2) is 4.39 Å². The zero-order valence-electron chi connectivity index (χ0n) is 7.87. The van der Waals surface area contributed by atoms with Gasteiger partial charge in [-0.05, 0) is 12.1 Å². The molecule has 74 valence electrons. The van der Waals surface area contributed by atoms with E-state index in [-0.39, 0.29) is 5.82 Å². The zero-order chi connectivity index (χ0) is 10.4. The molecule has 0 spiro atoms. The third-order valence-corrected chi connectivity index (χ3v) is 1.73. The van der Waals surface area contributed by atoms with E-state index in [1.54, 1.807) is 18.2 Å². The molecule has 0 heterocycles. The van der Waals surface area contributed by atoms with Gasteiger partial charge in [0.15, 0.2) is 0 Å². The predicted octanol–water partition coefficient (Wildman–Crippen LogP) is 2.44. The van der Waals surface area contributed by atoms with Crippen LogP contribution in [0.3, 0.4) is 0 Å². The van der Waals surface area contributed by atoms with E-state index >= 15 is 0 Å². The summed E-state index contributed by atoms with van der Waals surface area (Å²) in [6, 6.07) is 4.26. The van der Waals surface area contributed by atoms with Crippen LogP contribution in [0.25, 0.3) is 6.08 Å². The van der Waals surface area contributed by atoms with Crippen molar-refractivity contribution in [1.82, 2.24) is 0 Å². The third-order valence-electron chi connectivity index (χ3n) is 1.73. The van der Waals surface area contributed by atoms with Gasteiger partial charge in [-0.2, -0.15) is 0 Å². The van der Waals surface area contributed by atoms with Gasteiger partial charge in [0.05, 0.1) is 7.11 Å². The number of benzene rings is 1. The van der Waals surface area contributed by atoms with Gasteiger partial charge >= 0.3 is 0 Å². The minimum atomic E-state index is -0.339. The van der Waals surface area contributed by atoms with Crippen molar-refractivity contribution in [3.05, 3.63) is 35.7 Å². The van der Waals surface area contributed by atoms with E-state index in [0.717, 1.165) is 11.8 Å². The molecule has 0 N–H and O–H groups in total. The Hall–Kier alpha value is -1.64. The Labute approximate surface area is 82.0 Å². The lowest BCUT2D eigenvalue weighted by Gasteiger charge is -2.03. The molecule has 1 rings (SSSR count). The summed E-state index contributed by atoms with van der Waals surface area (Å²) in [6.07, 6.45) is 4.57. The summed E-state index contributed by atoms with van der Waals surface area (Å²) in [7, 11) is 1.48. The van der Waals surface area contributed by atoms with E-state index in [9.17, 15) is 9.18 Å². The van der Waals surface area contributed by atoms with E-state index < -0.39 is 0 Å². The highest BCUT2D eigenvalue weighted by Gasteiger charge is 2.00. The van der Waals surface area contributed by atoms with Gasteiger partial charge in [-0.3, -0.25) is 0 Å². The maximum atomic E-state index is 12.8. The summed E-state index contributed by atoms with van der Waals surface area (Å²) >= 11 is 0. The Morgan fingerprint density at radius 3 is 2.93 bits per heavy atom. The van der Waals surface area contributed by atoms with Gasteiger partial charge in [0, 0.05) is 18.1 Å². The first-order valence-corrected chi connectivity index (χ1v) is 4.21. The molecule has 1 aromatic rings. The summed E-state index contributed by atoms with van der Waals surface area (Å²) in [5, 5.41) is 0. The van der Waals surface area contributed by atoms with Crippen molar-refractivity contribution in [2.75, 3.05) is 7.11 Å². The number of carbonyl (C=O) groups excluding carboxylic acids is 1. The lowest BCUT2D eigenvalue weighted by atomic mass is 10.1. The number of methoxy groups -OCH3 is 1. The number of ether oxygens (including phenoxy) is 1. The first-order valence-electron chi connectivity index (χ1n) is 4.21. The van der Waals surface area contributed by atoms with E-state index in [1.165, 1.54) is 19.2 Å². The first kappa shape index (κ1) is 10.4. The topological polar surface area (TPSA) is 26.3 Å². The number of hydrogen-bond acceptors (Lipinski definition) is 2. The van der Waals surface area contributed by atoms with Crippen molar-refractivity contribution < 1.29 is 13.9 Å². The SMILES string of the molecule is COc1cc(F)ccc1C=CCC=O. The summed E-state index contributed by atoms with van der Waals surface area (Å²) in [5.74, 6) is 0.126. The van der Waals surface area contributed by atoms with Crippen LogP contribution in [0.1, 0.15) is 12.0 Å². The van der Waals surface area contributed by atoms with Crippen LogP contribution < -0.4 is 4.74 Å². The Balaban J connectivity index is 2.90. The zero-order valence-corrected chi connectivity index (χ0v) is 7.87. The number of halogens is 1. The molecule has 0 saturated carbocycles. The van der Waals surface area contributed by atoms with E-state index in [2.05, 4.69) is 0 Å². The van der Waals surface area contributed by atoms with Crippen molar-refractivity contribution >= 4 is 12.4 Å². The van der Waals surface area contributed by atoms with E-state index in [1.807, 2.05) is 0 Å². The monoisotopic (exact) mass is 194 g/mol. The molecule has 0 aliphatic rings. The summed E-state index contributed by atoms with van der Waals surface area (Å²) in [5.41, 5.74) is 0.760. The molecule has 1 aromatic carbocycles. The van der Waals surface area contributed by atoms with Crippen LogP contribution in [0.4, 0.5) is 4.39 Å². The maximum absolute atomic E-state index is 12.8. The van der Waals surface area contributed by atoms with Crippen LogP contribution in [0, 0.1) is 5.82 Å². The predicted molar refractivity (Wildman–Crippen MR) is 52.7 cm³/mol. The normalized spacial score (nSPS) is 10.4. The quantitative estimate of drug-likeness (QED) is 0.688. The van der Waals surface area contributed by atoms with Crippen LogP contribution >= 0.6 is 0 Å². The van der Waals surface area contributed by atoms with Gasteiger partial charge in [-0.15, -0.1) is 0 Å². The van der Waals surface area contributed by atoms with Crippen LogP contribution in [0.2, 0.25) is 0 Å². The summed E-state index contributed by atoms with van der Waals surface area (Å²) in [4.78, 5) is 10.1. The molecule has 0 fully saturated rings. The molecule has 0 radical (unpaired) electrons. The minimum absolute atomic E-state index is 0.339. The molecule has 0 aliphatic carbocycles. The maximum Gasteiger partial charge on any atom is 0.128 e. The second kappa shape index (κ2) is 5.17. The standard InChI is InChI=1S/C11H11FO2/c1-14-11-8-10(12)6-5-9(11)4-2-3-7-13/h2,4-8H,3H2,1H3. The third kappa shape index (κ3) is 2.69. The molecule has 0 atom stereocenters. The Bertz CT molecular complexity index is 345. The van der Waals surface area contributed by atoms with Crippen LogP contribution in [-0.2, 0) is 4.79 Å². The fourth-order valence-corrected chi connectivity index (χ4v) is 1.07. The number of allylic oxidation sites excluding steroid dienone is 1. The average Bonchev–Trinajstić information content (AvgIpc) is 2.20. The average molecular weight is 194 g/mol. The van der Waals surface area contributed by atoms with Crippen molar-refractivity contribution in [3.8, 4) is 5.75 Å². The van der Waals surface area contributed by atoms with Crippen molar-refractivity contribution in [3.63, 3.8) is 0 Å². The number of hydrogen-bond donors (Lipinski definition) is 0. The number of aldehydes is 1. The molecule has 0 aromatic heterocycles. The fourth-order valence-electron chi connectivity index (χ4n) is 1.07. The largest absolute Gasteiger partial charge is 0.496 e. The molecular weight excluding hydrogens is 183 g/mol. The van der Waals surface area contributed by atoms with Gasteiger partial charge in [0.25, 0.3) is 0 Å². The van der Waals surface area contributed by atoms with Crippen molar-refractivity contribution in [1.29, 1.82) is 0 Å². The van der Waals surface area contributed by atoms with Crippen molar-refractivity contribution in [2.45, 2.75) is 6.42 Å². The second-order valence-corrected chi connectivity index (χ2v) is 2.69. The molecule has 14 heavy (non-hydrogen) atoms.